The third kappa shape index (κ3) is 53.7. The molecule has 426 valence electrons. The van der Waals surface area contributed by atoms with Crippen molar-refractivity contribution in [3.8, 4) is 0 Å². The Kier molecular flexibility index (Phi) is 51.1. The van der Waals surface area contributed by atoms with E-state index in [4.69, 9.17) is 13.8 Å². The van der Waals surface area contributed by atoms with Crippen molar-refractivity contribution in [1.29, 1.82) is 0 Å². The molecule has 1 amide bonds. The number of amides is 1. The third-order valence-corrected chi connectivity index (χ3v) is 13.7. The quantitative estimate of drug-likeness (QED) is 0.0212. The molecule has 0 aromatic carbocycles. The first kappa shape index (κ1) is 70.9. The molecule has 0 saturated carbocycles. The van der Waals surface area contributed by atoms with Gasteiger partial charge in [-0.05, 0) is 109 Å². The van der Waals surface area contributed by atoms with Crippen molar-refractivity contribution < 1.29 is 37.3 Å². The number of carbonyl (C=O) groups is 2. The second-order valence-corrected chi connectivity index (χ2v) is 22.5. The highest BCUT2D eigenvalue weighted by atomic mass is 31.2. The van der Waals surface area contributed by atoms with Crippen LogP contribution in [0.2, 0.25) is 0 Å². The number of ether oxygens (including phenoxy) is 1. The molecule has 0 radical (unpaired) electrons. The van der Waals surface area contributed by atoms with Crippen LogP contribution < -0.4 is 10.2 Å². The first-order valence-electron chi connectivity index (χ1n) is 30.0. The Morgan fingerprint density at radius 2 is 0.865 bits per heavy atom. The Labute approximate surface area is 456 Å². The average Bonchev–Trinajstić information content (AvgIpc) is 3.36. The van der Waals surface area contributed by atoms with Gasteiger partial charge in [0.2, 0.25) is 5.91 Å². The van der Waals surface area contributed by atoms with Crippen molar-refractivity contribution in [1.82, 2.24) is 5.32 Å². The maximum absolute atomic E-state index is 13.5. The van der Waals surface area contributed by atoms with E-state index in [1.807, 2.05) is 33.3 Å². The van der Waals surface area contributed by atoms with Gasteiger partial charge in [0.05, 0.1) is 33.8 Å². The monoisotopic (exact) mass is 1050 g/mol. The highest BCUT2D eigenvalue weighted by Gasteiger charge is 2.27. The molecule has 0 aromatic heterocycles. The minimum absolute atomic E-state index is 0.0340. The summed E-state index contributed by atoms with van der Waals surface area (Å²) in [6, 6.07) is -0.911. The molecule has 0 aliphatic heterocycles. The molecule has 10 heteroatoms. The minimum atomic E-state index is -4.71. The molecule has 0 bridgehead atoms. The second-order valence-electron chi connectivity index (χ2n) is 21.1. The molecule has 0 aliphatic carbocycles. The molecule has 0 rings (SSSR count). The van der Waals surface area contributed by atoms with Gasteiger partial charge in [-0.3, -0.25) is 14.2 Å². The highest BCUT2D eigenvalue weighted by Crippen LogP contribution is 2.38. The number of hydrogen-bond acceptors (Lipinski definition) is 7. The molecule has 0 aromatic rings. The summed E-state index contributed by atoms with van der Waals surface area (Å²) < 4.78 is 30.2. The summed E-state index contributed by atoms with van der Waals surface area (Å²) in [7, 11) is 1.15. The number of hydrogen-bond donors (Lipinski definition) is 1. The predicted molar refractivity (Wildman–Crippen MR) is 316 cm³/mol. The molecule has 9 nitrogen and oxygen atoms in total. The topological polar surface area (TPSA) is 114 Å². The van der Waals surface area contributed by atoms with Gasteiger partial charge < -0.3 is 28.5 Å². The zero-order valence-corrected chi connectivity index (χ0v) is 49.4. The van der Waals surface area contributed by atoms with E-state index >= 15 is 0 Å². The van der Waals surface area contributed by atoms with Gasteiger partial charge in [0, 0.05) is 12.8 Å². The normalized spacial score (nSPS) is 14.4. The average molecular weight is 1050 g/mol. The van der Waals surface area contributed by atoms with Gasteiger partial charge in [-0.15, -0.1) is 0 Å². The Morgan fingerprint density at radius 3 is 1.34 bits per heavy atom. The van der Waals surface area contributed by atoms with E-state index in [0.717, 1.165) is 109 Å². The molecular formula is C64H113N2O7P. The highest BCUT2D eigenvalue weighted by molar-refractivity contribution is 7.45. The molecular weight excluding hydrogens is 940 g/mol. The molecule has 74 heavy (non-hydrogen) atoms. The van der Waals surface area contributed by atoms with E-state index < -0.39 is 26.6 Å². The van der Waals surface area contributed by atoms with Crippen molar-refractivity contribution in [2.75, 3.05) is 40.9 Å². The zero-order valence-electron chi connectivity index (χ0n) is 48.5. The predicted octanol–water partition coefficient (Wildman–Crippen LogP) is 17.8. The number of unbranched alkanes of at least 4 members (excludes halogenated alkanes) is 23. The first-order valence-corrected chi connectivity index (χ1v) is 31.5. The smallest absolute Gasteiger partial charge is 0.306 e. The summed E-state index contributed by atoms with van der Waals surface area (Å²) >= 11 is 0. The Hall–Kier alpha value is -3.07. The van der Waals surface area contributed by atoms with Crippen molar-refractivity contribution in [2.45, 2.75) is 258 Å². The summed E-state index contributed by atoms with van der Waals surface area (Å²) in [6.07, 6.45) is 70.8. The van der Waals surface area contributed by atoms with Gasteiger partial charge >= 0.3 is 5.97 Å². The standard InChI is InChI=1S/C64H113N2O7P/c1-7-10-13-16-19-22-25-28-30-32-33-35-37-39-42-45-48-51-54-57-64(68)73-62(55-52-49-46-43-40-27-24-21-18-15-12-9-3)61(60-72-74(69,70)71-59-58-66(4,5)6)65-63(67)56-53-50-47-44-41-38-36-34-31-29-26-23-20-17-14-11-8-2/h10,13,19-20,22-23,28-31,33,35,39,42,52,55,61-62H,7-9,11-12,14-18,21,24-27,32,34,36-38,40-41,43-51,53-54,56-60H2,1-6H3,(H-,65,67,69,70)/b13-10-,22-19-,23-20-,30-28-,31-29-,35-33-,42-39-,55-52+. The lowest BCUT2D eigenvalue weighted by molar-refractivity contribution is -0.870. The van der Waals surface area contributed by atoms with E-state index in [1.54, 1.807) is 0 Å². The van der Waals surface area contributed by atoms with Crippen LogP contribution in [0.25, 0.3) is 0 Å². The number of esters is 1. The van der Waals surface area contributed by atoms with E-state index in [0.29, 0.717) is 23.9 Å². The van der Waals surface area contributed by atoms with Crippen LogP contribution in [-0.2, 0) is 27.9 Å². The van der Waals surface area contributed by atoms with Crippen LogP contribution in [0.1, 0.15) is 245 Å². The van der Waals surface area contributed by atoms with E-state index in [2.05, 4.69) is 111 Å². The van der Waals surface area contributed by atoms with E-state index in [-0.39, 0.29) is 24.9 Å². The van der Waals surface area contributed by atoms with Crippen LogP contribution in [0.15, 0.2) is 97.2 Å². The lowest BCUT2D eigenvalue weighted by atomic mass is 10.0. The molecule has 0 fully saturated rings. The fraction of sp³-hybridized carbons (Fsp3) is 0.719. The molecule has 0 saturated heterocycles. The maximum Gasteiger partial charge on any atom is 0.306 e. The van der Waals surface area contributed by atoms with Crippen LogP contribution in [0.5, 0.6) is 0 Å². The van der Waals surface area contributed by atoms with Crippen molar-refractivity contribution in [3.05, 3.63) is 97.2 Å². The molecule has 3 atom stereocenters. The van der Waals surface area contributed by atoms with Crippen LogP contribution in [-0.4, -0.2) is 69.4 Å². The van der Waals surface area contributed by atoms with Gasteiger partial charge in [0.25, 0.3) is 7.82 Å². The van der Waals surface area contributed by atoms with Gasteiger partial charge in [-0.1, -0.05) is 221 Å². The molecule has 0 aliphatic rings. The Bertz CT molecular complexity index is 1590. The lowest BCUT2D eigenvalue weighted by Crippen LogP contribution is -2.47. The Morgan fingerprint density at radius 1 is 0.486 bits per heavy atom. The second kappa shape index (κ2) is 53.3. The fourth-order valence-corrected chi connectivity index (χ4v) is 8.83. The summed E-state index contributed by atoms with van der Waals surface area (Å²) in [4.78, 5) is 39.9. The van der Waals surface area contributed by atoms with Gasteiger partial charge in [-0.25, -0.2) is 0 Å². The summed E-state index contributed by atoms with van der Waals surface area (Å²) in [5.41, 5.74) is 0. The van der Waals surface area contributed by atoms with Gasteiger partial charge in [-0.2, -0.15) is 0 Å². The van der Waals surface area contributed by atoms with Crippen molar-refractivity contribution in [2.24, 2.45) is 0 Å². The van der Waals surface area contributed by atoms with E-state index in [9.17, 15) is 19.0 Å². The fourth-order valence-electron chi connectivity index (χ4n) is 8.11. The molecule has 0 spiro atoms. The van der Waals surface area contributed by atoms with Gasteiger partial charge in [0.15, 0.2) is 0 Å². The summed E-state index contributed by atoms with van der Waals surface area (Å²) in [5, 5.41) is 3.01. The number of nitrogens with zero attached hydrogens (tertiary/aromatic N) is 1. The van der Waals surface area contributed by atoms with Crippen LogP contribution in [0, 0.1) is 0 Å². The SMILES string of the molecule is CC/C=C\C/C=C\C/C=C\C/C=C\C/C=C\CCCCCC(=O)OC(/C=C/CCCCCCCCCCCC)C(COP(=O)([O-])OCC[N+](C)(C)C)NC(=O)CCCCCCCCC/C=C\C/C=C\CCCCC. The van der Waals surface area contributed by atoms with Crippen molar-refractivity contribution >= 4 is 19.7 Å². The molecule has 0 heterocycles. The van der Waals surface area contributed by atoms with Crippen LogP contribution >= 0.6 is 7.82 Å². The van der Waals surface area contributed by atoms with Crippen molar-refractivity contribution in [3.63, 3.8) is 0 Å². The molecule has 1 N–H and O–H groups in total. The lowest BCUT2D eigenvalue weighted by Gasteiger charge is -2.30. The van der Waals surface area contributed by atoms with E-state index in [1.165, 1.54) is 96.3 Å². The number of allylic oxidation sites excluding steroid dienone is 15. The third-order valence-electron chi connectivity index (χ3n) is 12.7. The molecule has 3 unspecified atom stereocenters. The minimum Gasteiger partial charge on any atom is -0.756 e. The number of phosphoric acid groups is 1. The number of quaternary nitrogens is 1. The first-order chi connectivity index (χ1) is 35.9. The van der Waals surface area contributed by atoms with Crippen LogP contribution in [0.4, 0.5) is 0 Å². The number of carbonyl (C=O) groups excluding carboxylic acids is 2. The maximum atomic E-state index is 13.5. The summed E-state index contributed by atoms with van der Waals surface area (Å²) in [6.45, 7) is 6.66. The number of phosphoric ester groups is 1. The largest absolute Gasteiger partial charge is 0.756 e. The number of likely N-dealkylation sites (N-methyl/N-ethyl adjacent to an activating group) is 1. The number of rotatable bonds is 53. The Balaban J connectivity index is 5.38. The number of nitrogens with one attached hydrogen (secondary N) is 1. The van der Waals surface area contributed by atoms with Crippen LogP contribution in [0.3, 0.4) is 0 Å². The van der Waals surface area contributed by atoms with Gasteiger partial charge in [0.1, 0.15) is 19.3 Å². The summed E-state index contributed by atoms with van der Waals surface area (Å²) in [5.74, 6) is -0.592. The zero-order chi connectivity index (χ0) is 54.3.